The molecule has 1 unspecified atom stereocenters. The molecular weight excluding hydrogens is 424 g/mol. The molecule has 0 aromatic heterocycles. The van der Waals surface area contributed by atoms with Crippen molar-refractivity contribution in [1.82, 2.24) is 9.80 Å². The molecule has 2 saturated heterocycles. The number of rotatable bonds is 7. The number of ketones is 1. The van der Waals surface area contributed by atoms with E-state index in [-0.39, 0.29) is 11.3 Å². The summed E-state index contributed by atoms with van der Waals surface area (Å²) in [5.74, 6) is -0.292. The van der Waals surface area contributed by atoms with E-state index >= 15 is 0 Å². The number of amides is 1. The molecular formula is C25H28N2O6. The molecule has 2 aliphatic heterocycles. The lowest BCUT2D eigenvalue weighted by atomic mass is 9.95. The summed E-state index contributed by atoms with van der Waals surface area (Å²) in [5, 5.41) is 11.1. The Bertz CT molecular complexity index is 1040. The summed E-state index contributed by atoms with van der Waals surface area (Å²) in [7, 11) is 3.11. The van der Waals surface area contributed by atoms with Crippen LogP contribution in [0.4, 0.5) is 0 Å². The molecule has 0 saturated carbocycles. The molecule has 1 N–H and O–H groups in total. The zero-order valence-corrected chi connectivity index (χ0v) is 18.8. The lowest BCUT2D eigenvalue weighted by Gasteiger charge is -2.31. The van der Waals surface area contributed by atoms with E-state index in [1.165, 1.54) is 0 Å². The van der Waals surface area contributed by atoms with Crippen LogP contribution >= 0.6 is 0 Å². The smallest absolute Gasteiger partial charge is 0.295 e. The minimum atomic E-state index is -0.719. The van der Waals surface area contributed by atoms with E-state index in [1.807, 2.05) is 12.1 Å². The number of morpholine rings is 1. The topological polar surface area (TPSA) is 88.5 Å². The van der Waals surface area contributed by atoms with Crippen molar-refractivity contribution in [1.29, 1.82) is 0 Å². The molecule has 0 spiro atoms. The van der Waals surface area contributed by atoms with E-state index in [4.69, 9.17) is 14.2 Å². The number of aliphatic hydroxyl groups is 1. The fourth-order valence-corrected chi connectivity index (χ4v) is 4.25. The number of nitrogens with zero attached hydrogens (tertiary/aromatic N) is 2. The van der Waals surface area contributed by atoms with Crippen molar-refractivity contribution >= 4 is 17.4 Å². The molecule has 0 aliphatic carbocycles. The summed E-state index contributed by atoms with van der Waals surface area (Å²) in [5.41, 5.74) is 1.21. The Balaban J connectivity index is 1.74. The number of hydrogen-bond donors (Lipinski definition) is 1. The van der Waals surface area contributed by atoms with Crippen LogP contribution in [0.15, 0.2) is 54.1 Å². The largest absolute Gasteiger partial charge is 0.507 e. The molecule has 8 nitrogen and oxygen atoms in total. The highest BCUT2D eigenvalue weighted by Crippen LogP contribution is 2.40. The monoisotopic (exact) mass is 452 g/mol. The van der Waals surface area contributed by atoms with Gasteiger partial charge in [0.2, 0.25) is 0 Å². The molecule has 33 heavy (non-hydrogen) atoms. The van der Waals surface area contributed by atoms with Gasteiger partial charge in [-0.15, -0.1) is 0 Å². The van der Waals surface area contributed by atoms with Gasteiger partial charge in [0.05, 0.1) is 39.0 Å². The van der Waals surface area contributed by atoms with Crippen molar-refractivity contribution < 1.29 is 28.9 Å². The van der Waals surface area contributed by atoms with E-state index in [2.05, 4.69) is 4.90 Å². The van der Waals surface area contributed by atoms with Crippen LogP contribution in [0.1, 0.15) is 17.2 Å². The highest BCUT2D eigenvalue weighted by atomic mass is 16.5. The van der Waals surface area contributed by atoms with Gasteiger partial charge < -0.3 is 24.2 Å². The summed E-state index contributed by atoms with van der Waals surface area (Å²) in [4.78, 5) is 30.0. The zero-order valence-electron chi connectivity index (χ0n) is 18.8. The van der Waals surface area contributed by atoms with Crippen LogP contribution in [-0.2, 0) is 14.3 Å². The van der Waals surface area contributed by atoms with Crippen LogP contribution in [0.2, 0.25) is 0 Å². The maximum absolute atomic E-state index is 13.1. The van der Waals surface area contributed by atoms with E-state index in [9.17, 15) is 14.7 Å². The third-order valence-electron chi connectivity index (χ3n) is 6.07. The molecule has 4 rings (SSSR count). The number of ether oxygens (including phenoxy) is 3. The van der Waals surface area contributed by atoms with E-state index in [0.717, 1.165) is 13.1 Å². The number of methoxy groups -OCH3 is 2. The molecule has 174 valence electrons. The van der Waals surface area contributed by atoms with Crippen LogP contribution in [-0.4, -0.2) is 80.2 Å². The Kier molecular flexibility index (Phi) is 6.96. The quantitative estimate of drug-likeness (QED) is 0.392. The first-order valence-electron chi connectivity index (χ1n) is 10.9. The second kappa shape index (κ2) is 10.1. The van der Waals surface area contributed by atoms with Gasteiger partial charge in [-0.2, -0.15) is 0 Å². The average Bonchev–Trinajstić information content (AvgIpc) is 3.12. The van der Waals surface area contributed by atoms with Gasteiger partial charge in [0.15, 0.2) is 0 Å². The molecule has 0 bridgehead atoms. The first kappa shape index (κ1) is 22.8. The summed E-state index contributed by atoms with van der Waals surface area (Å²) in [6.07, 6.45) is 0. The molecule has 1 amide bonds. The summed E-state index contributed by atoms with van der Waals surface area (Å²) >= 11 is 0. The van der Waals surface area contributed by atoms with Gasteiger partial charge in [-0.25, -0.2) is 0 Å². The van der Waals surface area contributed by atoms with Crippen molar-refractivity contribution in [2.24, 2.45) is 0 Å². The van der Waals surface area contributed by atoms with Gasteiger partial charge in [0.25, 0.3) is 11.7 Å². The molecule has 2 aromatic carbocycles. The number of hydrogen-bond acceptors (Lipinski definition) is 7. The predicted octanol–water partition coefficient (Wildman–Crippen LogP) is 2.46. The van der Waals surface area contributed by atoms with Crippen LogP contribution in [0, 0.1) is 0 Å². The fourth-order valence-electron chi connectivity index (χ4n) is 4.25. The summed E-state index contributed by atoms with van der Waals surface area (Å²) in [6, 6.07) is 13.2. The molecule has 2 heterocycles. The average molecular weight is 453 g/mol. The lowest BCUT2D eigenvalue weighted by Crippen LogP contribution is -2.42. The Morgan fingerprint density at radius 2 is 1.70 bits per heavy atom. The first-order chi connectivity index (χ1) is 16.0. The number of carbonyl (C=O) groups is 2. The second-order valence-electron chi connectivity index (χ2n) is 7.95. The normalized spacial score (nSPS) is 20.8. The Labute approximate surface area is 193 Å². The standard InChI is InChI=1S/C25H28N2O6/c1-31-19-8-6-17(7-9-19)23(28)21-22(18-4-3-5-20(16-18)32-2)27(25(30)24(21)29)11-10-26-12-14-33-15-13-26/h3-9,16,22,28H,10-15H2,1-2H3/b23-21-. The molecule has 0 radical (unpaired) electrons. The SMILES string of the molecule is COc1ccc(/C(O)=C2/C(=O)C(=O)N(CCN3CCOCC3)C2c2cccc(OC)c2)cc1. The maximum Gasteiger partial charge on any atom is 0.295 e. The lowest BCUT2D eigenvalue weighted by molar-refractivity contribution is -0.140. The van der Waals surface area contributed by atoms with Crippen LogP contribution < -0.4 is 9.47 Å². The van der Waals surface area contributed by atoms with Crippen molar-refractivity contribution in [3.63, 3.8) is 0 Å². The molecule has 2 aromatic rings. The number of carbonyl (C=O) groups excluding carboxylic acids is 2. The van der Waals surface area contributed by atoms with Gasteiger partial charge in [0.1, 0.15) is 17.3 Å². The van der Waals surface area contributed by atoms with Crippen molar-refractivity contribution in [3.05, 3.63) is 65.2 Å². The zero-order chi connectivity index (χ0) is 23.4. The Hall–Kier alpha value is -3.36. The third kappa shape index (κ3) is 4.72. The third-order valence-corrected chi connectivity index (χ3v) is 6.07. The highest BCUT2D eigenvalue weighted by Gasteiger charge is 2.46. The molecule has 1 atom stereocenters. The van der Waals surface area contributed by atoms with Crippen molar-refractivity contribution in [2.45, 2.75) is 6.04 Å². The molecule has 2 fully saturated rings. The Morgan fingerprint density at radius 3 is 2.36 bits per heavy atom. The number of benzene rings is 2. The maximum atomic E-state index is 13.1. The fraction of sp³-hybridized carbons (Fsp3) is 0.360. The highest BCUT2D eigenvalue weighted by molar-refractivity contribution is 6.46. The van der Waals surface area contributed by atoms with Crippen LogP contribution in [0.3, 0.4) is 0 Å². The van der Waals surface area contributed by atoms with E-state index < -0.39 is 17.7 Å². The van der Waals surface area contributed by atoms with Crippen LogP contribution in [0.5, 0.6) is 11.5 Å². The van der Waals surface area contributed by atoms with Crippen molar-refractivity contribution in [2.75, 3.05) is 53.6 Å². The van der Waals surface area contributed by atoms with E-state index in [1.54, 1.807) is 55.5 Å². The van der Waals surface area contributed by atoms with Gasteiger partial charge in [-0.3, -0.25) is 14.5 Å². The number of aliphatic hydroxyl groups excluding tert-OH is 1. The Morgan fingerprint density at radius 1 is 1.00 bits per heavy atom. The number of Topliss-reactive ketones (excluding diaryl/α,β-unsaturated/α-hetero) is 1. The van der Waals surface area contributed by atoms with Crippen molar-refractivity contribution in [3.8, 4) is 11.5 Å². The summed E-state index contributed by atoms with van der Waals surface area (Å²) < 4.78 is 15.9. The predicted molar refractivity (Wildman–Crippen MR) is 122 cm³/mol. The summed E-state index contributed by atoms with van der Waals surface area (Å²) in [6.45, 7) is 3.82. The van der Waals surface area contributed by atoms with E-state index in [0.29, 0.717) is 48.9 Å². The minimum absolute atomic E-state index is 0.0698. The minimum Gasteiger partial charge on any atom is -0.507 e. The van der Waals surface area contributed by atoms with Crippen LogP contribution in [0.25, 0.3) is 5.76 Å². The van der Waals surface area contributed by atoms with Gasteiger partial charge in [-0.05, 0) is 42.0 Å². The van der Waals surface area contributed by atoms with Gasteiger partial charge in [0, 0.05) is 31.7 Å². The molecule has 2 aliphatic rings. The second-order valence-corrected chi connectivity index (χ2v) is 7.95. The van der Waals surface area contributed by atoms with Gasteiger partial charge in [-0.1, -0.05) is 12.1 Å². The number of likely N-dealkylation sites (tertiary alicyclic amines) is 1. The first-order valence-corrected chi connectivity index (χ1v) is 10.9. The van der Waals surface area contributed by atoms with Gasteiger partial charge >= 0.3 is 0 Å². The molecule has 8 heteroatoms.